The van der Waals surface area contributed by atoms with E-state index in [0.717, 1.165) is 36.9 Å². The highest BCUT2D eigenvalue weighted by molar-refractivity contribution is 5.92. The van der Waals surface area contributed by atoms with Crippen molar-refractivity contribution in [2.75, 3.05) is 30.8 Å². The Labute approximate surface area is 206 Å². The van der Waals surface area contributed by atoms with Crippen LogP contribution in [-0.4, -0.2) is 55.8 Å². The second-order valence-electron chi connectivity index (χ2n) is 8.57. The normalized spacial score (nSPS) is 13.4. The number of rotatable bonds is 8. The van der Waals surface area contributed by atoms with E-state index in [1.165, 1.54) is 13.2 Å². The highest BCUT2D eigenvalue weighted by atomic mass is 19.1. The van der Waals surface area contributed by atoms with Gasteiger partial charge in [0.1, 0.15) is 18.2 Å². The van der Waals surface area contributed by atoms with Crippen molar-refractivity contribution in [2.24, 2.45) is 0 Å². The average Bonchev–Trinajstić information content (AvgIpc) is 3.55. The molecule has 0 aliphatic carbocycles. The number of halogens is 1. The lowest BCUT2D eigenvalue weighted by Crippen LogP contribution is -2.24. The van der Waals surface area contributed by atoms with Crippen LogP contribution >= 0.6 is 0 Å². The number of nitrogen functional groups attached to an aromatic ring is 1. The van der Waals surface area contributed by atoms with Crippen LogP contribution in [0.25, 0.3) is 10.8 Å². The maximum absolute atomic E-state index is 14.6. The van der Waals surface area contributed by atoms with Crippen LogP contribution in [-0.2, 0) is 24.4 Å². The van der Waals surface area contributed by atoms with Crippen LogP contribution in [0.2, 0.25) is 0 Å². The molecule has 12 heteroatoms. The van der Waals surface area contributed by atoms with E-state index >= 15 is 0 Å². The molecular formula is C24H26FN9O2. The summed E-state index contributed by atoms with van der Waals surface area (Å²) in [6, 6.07) is 4.69. The summed E-state index contributed by atoms with van der Waals surface area (Å²) in [5.41, 5.74) is 6.95. The van der Waals surface area contributed by atoms with Crippen LogP contribution in [0.15, 0.2) is 36.8 Å². The highest BCUT2D eigenvalue weighted by Crippen LogP contribution is 2.23. The van der Waals surface area contributed by atoms with E-state index in [2.05, 4.69) is 35.3 Å². The lowest BCUT2D eigenvalue weighted by Gasteiger charge is -2.14. The van der Waals surface area contributed by atoms with Crippen LogP contribution in [0.1, 0.15) is 40.4 Å². The van der Waals surface area contributed by atoms with E-state index in [1.807, 2.05) is 0 Å². The Morgan fingerprint density at radius 2 is 1.97 bits per heavy atom. The van der Waals surface area contributed by atoms with Gasteiger partial charge in [-0.2, -0.15) is 0 Å². The van der Waals surface area contributed by atoms with Crippen LogP contribution in [0.4, 0.5) is 16.2 Å². The van der Waals surface area contributed by atoms with Gasteiger partial charge in [-0.15, -0.1) is 5.10 Å². The lowest BCUT2D eigenvalue weighted by molar-refractivity contribution is 0.0939. The van der Waals surface area contributed by atoms with E-state index in [1.54, 1.807) is 35.4 Å². The predicted octanol–water partition coefficient (Wildman–Crippen LogP) is 2.06. The van der Waals surface area contributed by atoms with Crippen molar-refractivity contribution in [2.45, 2.75) is 32.5 Å². The molecular weight excluding hydrogens is 465 g/mol. The van der Waals surface area contributed by atoms with Gasteiger partial charge in [-0.1, -0.05) is 0 Å². The zero-order valence-electron chi connectivity index (χ0n) is 19.8. The molecule has 0 saturated carbocycles. The third-order valence-corrected chi connectivity index (χ3v) is 6.04. The van der Waals surface area contributed by atoms with Crippen LogP contribution in [0.3, 0.4) is 0 Å². The average molecular weight is 492 g/mol. The van der Waals surface area contributed by atoms with E-state index in [-0.39, 0.29) is 24.8 Å². The van der Waals surface area contributed by atoms with Gasteiger partial charge in [0.15, 0.2) is 5.82 Å². The van der Waals surface area contributed by atoms with Gasteiger partial charge in [0.2, 0.25) is 11.8 Å². The molecule has 4 aromatic rings. The van der Waals surface area contributed by atoms with Gasteiger partial charge in [-0.3, -0.25) is 4.79 Å². The minimum absolute atomic E-state index is 0.0358. The van der Waals surface area contributed by atoms with Crippen molar-refractivity contribution >= 4 is 28.4 Å². The minimum Gasteiger partial charge on any atom is -0.383 e. The van der Waals surface area contributed by atoms with Crippen LogP contribution < -0.4 is 16.0 Å². The molecule has 36 heavy (non-hydrogen) atoms. The van der Waals surface area contributed by atoms with Crippen LogP contribution in [0.5, 0.6) is 0 Å². The summed E-state index contributed by atoms with van der Waals surface area (Å²) in [4.78, 5) is 32.2. The maximum atomic E-state index is 14.6. The summed E-state index contributed by atoms with van der Waals surface area (Å²) in [6.45, 7) is 2.39. The molecule has 5 rings (SSSR count). The number of nitrogens with zero attached hydrogens (tertiary/aromatic N) is 7. The fourth-order valence-electron chi connectivity index (χ4n) is 4.17. The summed E-state index contributed by atoms with van der Waals surface area (Å²) >= 11 is 0. The number of fused-ring (bicyclic) bond motifs is 1. The number of ether oxygens (including phenoxy) is 1. The monoisotopic (exact) mass is 491 g/mol. The first kappa shape index (κ1) is 23.5. The highest BCUT2D eigenvalue weighted by Gasteiger charge is 2.19. The van der Waals surface area contributed by atoms with Gasteiger partial charge in [0, 0.05) is 61.8 Å². The molecule has 1 aliphatic heterocycles. The third-order valence-electron chi connectivity index (χ3n) is 6.04. The number of pyridine rings is 1. The molecule has 1 saturated heterocycles. The summed E-state index contributed by atoms with van der Waals surface area (Å²) in [7, 11) is 1.54. The van der Waals surface area contributed by atoms with Crippen molar-refractivity contribution in [3.63, 3.8) is 0 Å². The molecule has 0 spiro atoms. The summed E-state index contributed by atoms with van der Waals surface area (Å²) in [5.74, 6) is 0.390. The number of carbonyl (C=O) groups excluding carboxylic acids is 1. The van der Waals surface area contributed by atoms with Gasteiger partial charge in [-0.05, 0) is 36.4 Å². The van der Waals surface area contributed by atoms with Gasteiger partial charge in [0.05, 0.1) is 6.54 Å². The zero-order chi connectivity index (χ0) is 25.1. The number of hydrogen-bond acceptors (Lipinski definition) is 9. The molecule has 1 aliphatic rings. The van der Waals surface area contributed by atoms with E-state index < -0.39 is 11.7 Å². The number of nitrogens with two attached hydrogens (primary N) is 1. The minimum atomic E-state index is -0.527. The molecule has 1 amide bonds. The van der Waals surface area contributed by atoms with Crippen molar-refractivity contribution in [1.29, 1.82) is 0 Å². The molecule has 186 valence electrons. The lowest BCUT2D eigenvalue weighted by atomic mass is 10.1. The number of anilines is 2. The fourth-order valence-corrected chi connectivity index (χ4v) is 4.17. The second kappa shape index (κ2) is 10.2. The molecule has 0 radical (unpaired) electrons. The van der Waals surface area contributed by atoms with E-state index in [9.17, 15) is 9.18 Å². The van der Waals surface area contributed by atoms with Gasteiger partial charge in [0.25, 0.3) is 5.91 Å². The molecule has 3 aromatic heterocycles. The Hall–Kier alpha value is -4.19. The number of benzene rings is 1. The number of carbonyl (C=O) groups is 1. The largest absolute Gasteiger partial charge is 0.383 e. The maximum Gasteiger partial charge on any atom is 0.291 e. The first-order chi connectivity index (χ1) is 17.5. The molecule has 1 fully saturated rings. The van der Waals surface area contributed by atoms with Crippen molar-refractivity contribution in [3.05, 3.63) is 65.4 Å². The van der Waals surface area contributed by atoms with Crippen molar-refractivity contribution in [3.8, 4) is 0 Å². The summed E-state index contributed by atoms with van der Waals surface area (Å²) in [5, 5.41) is 8.29. The number of methoxy groups -OCH3 is 1. The van der Waals surface area contributed by atoms with Gasteiger partial charge < -0.3 is 20.7 Å². The number of nitrogens with one attached hydrogen (secondary N) is 1. The quantitative estimate of drug-likeness (QED) is 0.379. The van der Waals surface area contributed by atoms with E-state index in [0.29, 0.717) is 29.3 Å². The van der Waals surface area contributed by atoms with Crippen molar-refractivity contribution in [1.82, 2.24) is 35.0 Å². The molecule has 11 nitrogen and oxygen atoms in total. The molecule has 4 heterocycles. The number of aromatic nitrogens is 6. The van der Waals surface area contributed by atoms with Gasteiger partial charge >= 0.3 is 0 Å². The second-order valence-corrected chi connectivity index (χ2v) is 8.57. The first-order valence-corrected chi connectivity index (χ1v) is 11.6. The fraction of sp³-hybridized carbons (Fsp3) is 0.333. The standard InChI is InChI=1S/C24H26FN9O2/c1-36-14-20-31-22(32-34(20)13-15-10-29-24(30-11-15)33-6-2-3-7-33)23(35)28-12-17-8-16-4-5-27-21(26)18(16)9-19(17)25/h4-5,8-11H,2-3,6-7,12-14H2,1H3,(H2,26,27)(H,28,35). The number of hydrogen-bond donors (Lipinski definition) is 2. The predicted molar refractivity (Wildman–Crippen MR) is 131 cm³/mol. The van der Waals surface area contributed by atoms with E-state index in [4.69, 9.17) is 10.5 Å². The van der Waals surface area contributed by atoms with Crippen molar-refractivity contribution < 1.29 is 13.9 Å². The Morgan fingerprint density at radius 1 is 1.19 bits per heavy atom. The van der Waals surface area contributed by atoms with Crippen LogP contribution in [0, 0.1) is 5.82 Å². The zero-order valence-corrected chi connectivity index (χ0v) is 19.8. The summed E-state index contributed by atoms with van der Waals surface area (Å²) < 4.78 is 21.4. The molecule has 0 bridgehead atoms. The topological polar surface area (TPSA) is 137 Å². The third kappa shape index (κ3) is 4.93. The Morgan fingerprint density at radius 3 is 2.72 bits per heavy atom. The molecule has 3 N–H and O–H groups in total. The molecule has 0 atom stereocenters. The summed E-state index contributed by atoms with van der Waals surface area (Å²) in [6.07, 6.45) is 7.35. The Bertz CT molecular complexity index is 1380. The number of amides is 1. The Kier molecular flexibility index (Phi) is 6.67. The molecule has 0 unspecified atom stereocenters. The SMILES string of the molecule is COCc1nc(C(=O)NCc2cc3ccnc(N)c3cc2F)nn1Cc1cnc(N2CCCC2)nc1. The van der Waals surface area contributed by atoms with Gasteiger partial charge in [-0.25, -0.2) is 29.0 Å². The Balaban J connectivity index is 1.29. The first-order valence-electron chi connectivity index (χ1n) is 11.6. The smallest absolute Gasteiger partial charge is 0.291 e. The molecule has 1 aromatic carbocycles.